The molecule has 0 saturated carbocycles. The van der Waals surface area contributed by atoms with Crippen LogP contribution in [-0.4, -0.2) is 18.0 Å². The van der Waals surface area contributed by atoms with Crippen molar-refractivity contribution < 1.29 is 14.6 Å². The first-order chi connectivity index (χ1) is 9.92. The minimum Gasteiger partial charge on any atom is -0.503 e. The first-order valence-electron chi connectivity index (χ1n) is 6.28. The first-order valence-corrected chi connectivity index (χ1v) is 7.47. The minimum atomic E-state index is -0.105. The summed E-state index contributed by atoms with van der Waals surface area (Å²) in [7, 11) is 1.45. The fourth-order valence-electron chi connectivity index (χ4n) is 1.98. The quantitative estimate of drug-likeness (QED) is 0.659. The zero-order chi connectivity index (χ0) is 15.6. The monoisotopic (exact) mass is 322 g/mol. The SMILES string of the molecule is COc1cc(/C=C/C(=O)c2cc(C)sc2C)cc(Cl)c1O. The maximum atomic E-state index is 12.2. The molecule has 1 aromatic carbocycles. The number of allylic oxidation sites excluding steroid dienone is 1. The van der Waals surface area contributed by atoms with E-state index in [1.165, 1.54) is 13.2 Å². The molecule has 0 aliphatic heterocycles. The van der Waals surface area contributed by atoms with E-state index in [1.54, 1.807) is 29.5 Å². The molecular weight excluding hydrogens is 308 g/mol. The Balaban J connectivity index is 2.27. The molecule has 0 unspecified atom stereocenters. The Hall–Kier alpha value is -1.78. The minimum absolute atomic E-state index is 0.0555. The van der Waals surface area contributed by atoms with Crippen LogP contribution in [0.4, 0.5) is 0 Å². The van der Waals surface area contributed by atoms with E-state index in [2.05, 4.69) is 0 Å². The molecular formula is C16H15ClO3S. The maximum absolute atomic E-state index is 12.2. The number of aromatic hydroxyl groups is 1. The van der Waals surface area contributed by atoms with Gasteiger partial charge in [0, 0.05) is 15.3 Å². The van der Waals surface area contributed by atoms with Gasteiger partial charge in [-0.15, -0.1) is 11.3 Å². The standard InChI is InChI=1S/C16H15ClO3S/c1-9-6-12(10(2)21-9)14(18)5-4-11-7-13(17)16(19)15(8-11)20-3/h4-8,19H,1-3H3/b5-4+. The fourth-order valence-corrected chi connectivity index (χ4v) is 3.13. The number of ether oxygens (including phenoxy) is 1. The lowest BCUT2D eigenvalue weighted by Crippen LogP contribution is -1.93. The molecule has 2 aromatic rings. The number of carbonyl (C=O) groups is 1. The second-order valence-corrected chi connectivity index (χ2v) is 6.45. The topological polar surface area (TPSA) is 46.5 Å². The summed E-state index contributed by atoms with van der Waals surface area (Å²) in [5.41, 5.74) is 1.40. The molecule has 1 N–H and O–H groups in total. The van der Waals surface area contributed by atoms with E-state index >= 15 is 0 Å². The Bertz CT molecular complexity index is 717. The van der Waals surface area contributed by atoms with Gasteiger partial charge >= 0.3 is 0 Å². The number of ketones is 1. The number of carbonyl (C=O) groups excluding carboxylic acids is 1. The van der Waals surface area contributed by atoms with Crippen molar-refractivity contribution in [2.45, 2.75) is 13.8 Å². The number of rotatable bonds is 4. The van der Waals surface area contributed by atoms with Gasteiger partial charge < -0.3 is 9.84 Å². The van der Waals surface area contributed by atoms with Crippen LogP contribution in [0, 0.1) is 13.8 Å². The molecule has 2 rings (SSSR count). The van der Waals surface area contributed by atoms with Crippen LogP contribution in [0.2, 0.25) is 5.02 Å². The Kier molecular flexibility index (Phi) is 4.70. The van der Waals surface area contributed by atoms with Crippen molar-refractivity contribution in [2.75, 3.05) is 7.11 Å². The highest BCUT2D eigenvalue weighted by Gasteiger charge is 2.10. The summed E-state index contributed by atoms with van der Waals surface area (Å²) >= 11 is 7.51. The molecule has 0 bridgehead atoms. The predicted octanol–water partition coefficient (Wildman–Crippen LogP) is 4.63. The van der Waals surface area contributed by atoms with Crippen LogP contribution in [0.25, 0.3) is 6.08 Å². The first kappa shape index (κ1) is 15.6. The van der Waals surface area contributed by atoms with E-state index < -0.39 is 0 Å². The van der Waals surface area contributed by atoms with Gasteiger partial charge in [0.05, 0.1) is 12.1 Å². The van der Waals surface area contributed by atoms with Crippen molar-refractivity contribution in [3.63, 3.8) is 0 Å². The number of benzene rings is 1. The highest BCUT2D eigenvalue weighted by atomic mass is 35.5. The zero-order valence-electron chi connectivity index (χ0n) is 11.9. The summed E-state index contributed by atoms with van der Waals surface area (Å²) < 4.78 is 5.03. The fraction of sp³-hybridized carbons (Fsp3) is 0.188. The molecule has 1 aromatic heterocycles. The van der Waals surface area contributed by atoms with Gasteiger partial charge in [-0.05, 0) is 43.7 Å². The molecule has 21 heavy (non-hydrogen) atoms. The van der Waals surface area contributed by atoms with Crippen molar-refractivity contribution in [3.8, 4) is 11.5 Å². The molecule has 0 saturated heterocycles. The summed E-state index contributed by atoms with van der Waals surface area (Å²) in [4.78, 5) is 14.3. The van der Waals surface area contributed by atoms with E-state index in [1.807, 2.05) is 19.9 Å². The lowest BCUT2D eigenvalue weighted by Gasteiger charge is -2.06. The average Bonchev–Trinajstić information content (AvgIpc) is 2.78. The Labute approximate surface area is 132 Å². The second kappa shape index (κ2) is 6.33. The molecule has 0 spiro atoms. The Morgan fingerprint density at radius 3 is 2.62 bits per heavy atom. The highest BCUT2D eigenvalue weighted by molar-refractivity contribution is 7.12. The van der Waals surface area contributed by atoms with Gasteiger partial charge in [0.2, 0.25) is 0 Å². The Morgan fingerprint density at radius 2 is 2.05 bits per heavy atom. The van der Waals surface area contributed by atoms with Gasteiger partial charge in [-0.3, -0.25) is 4.79 Å². The summed E-state index contributed by atoms with van der Waals surface area (Å²) in [5, 5.41) is 9.85. The van der Waals surface area contributed by atoms with Gasteiger partial charge in [-0.25, -0.2) is 0 Å². The summed E-state index contributed by atoms with van der Waals surface area (Å²) in [5.74, 6) is 0.115. The number of aryl methyl sites for hydroxylation is 2. The third kappa shape index (κ3) is 3.46. The van der Waals surface area contributed by atoms with Gasteiger partial charge in [-0.2, -0.15) is 0 Å². The number of methoxy groups -OCH3 is 1. The van der Waals surface area contributed by atoms with Crippen LogP contribution in [-0.2, 0) is 0 Å². The average molecular weight is 323 g/mol. The lowest BCUT2D eigenvalue weighted by molar-refractivity contribution is 0.104. The van der Waals surface area contributed by atoms with E-state index in [-0.39, 0.29) is 22.3 Å². The van der Waals surface area contributed by atoms with Crippen LogP contribution in [0.3, 0.4) is 0 Å². The summed E-state index contributed by atoms with van der Waals surface area (Å²) in [6, 6.07) is 5.09. The predicted molar refractivity (Wildman–Crippen MR) is 86.8 cm³/mol. The smallest absolute Gasteiger partial charge is 0.186 e. The van der Waals surface area contributed by atoms with Crippen LogP contribution >= 0.6 is 22.9 Å². The molecule has 5 heteroatoms. The number of hydrogen-bond acceptors (Lipinski definition) is 4. The van der Waals surface area contributed by atoms with E-state index in [0.717, 1.165) is 9.75 Å². The van der Waals surface area contributed by atoms with Gasteiger partial charge in [0.15, 0.2) is 17.3 Å². The van der Waals surface area contributed by atoms with Crippen LogP contribution in [0.15, 0.2) is 24.3 Å². The molecule has 0 fully saturated rings. The Morgan fingerprint density at radius 1 is 1.33 bits per heavy atom. The molecule has 110 valence electrons. The number of phenolic OH excluding ortho intramolecular Hbond substituents is 1. The second-order valence-electron chi connectivity index (χ2n) is 4.58. The molecule has 0 aliphatic carbocycles. The maximum Gasteiger partial charge on any atom is 0.186 e. The van der Waals surface area contributed by atoms with Gasteiger partial charge in [0.25, 0.3) is 0 Å². The number of thiophene rings is 1. The number of hydrogen-bond donors (Lipinski definition) is 1. The van der Waals surface area contributed by atoms with Crippen molar-refractivity contribution in [1.29, 1.82) is 0 Å². The highest BCUT2D eigenvalue weighted by Crippen LogP contribution is 2.35. The lowest BCUT2D eigenvalue weighted by atomic mass is 10.1. The number of phenols is 1. The van der Waals surface area contributed by atoms with Crippen LogP contribution in [0.1, 0.15) is 25.7 Å². The molecule has 0 atom stereocenters. The largest absolute Gasteiger partial charge is 0.503 e. The molecule has 0 radical (unpaired) electrons. The molecule has 1 heterocycles. The van der Waals surface area contributed by atoms with Crippen molar-refractivity contribution in [1.82, 2.24) is 0 Å². The summed E-state index contributed by atoms with van der Waals surface area (Å²) in [6.07, 6.45) is 3.15. The van der Waals surface area contributed by atoms with Crippen molar-refractivity contribution >= 4 is 34.8 Å². The van der Waals surface area contributed by atoms with Crippen LogP contribution in [0.5, 0.6) is 11.5 Å². The molecule has 3 nitrogen and oxygen atoms in total. The molecule has 0 aliphatic rings. The normalized spacial score (nSPS) is 11.0. The van der Waals surface area contributed by atoms with E-state index in [9.17, 15) is 9.90 Å². The van der Waals surface area contributed by atoms with E-state index in [0.29, 0.717) is 11.1 Å². The van der Waals surface area contributed by atoms with Crippen LogP contribution < -0.4 is 4.74 Å². The number of halogens is 1. The zero-order valence-corrected chi connectivity index (χ0v) is 13.5. The van der Waals surface area contributed by atoms with Gasteiger partial charge in [0.1, 0.15) is 0 Å². The van der Waals surface area contributed by atoms with Crippen molar-refractivity contribution in [3.05, 3.63) is 50.2 Å². The van der Waals surface area contributed by atoms with Crippen molar-refractivity contribution in [2.24, 2.45) is 0 Å². The molecule has 0 amide bonds. The third-order valence-corrected chi connectivity index (χ3v) is 4.26. The van der Waals surface area contributed by atoms with Gasteiger partial charge in [-0.1, -0.05) is 17.7 Å². The third-order valence-electron chi connectivity index (χ3n) is 3.00. The summed E-state index contributed by atoms with van der Waals surface area (Å²) in [6.45, 7) is 3.90. The van der Waals surface area contributed by atoms with E-state index in [4.69, 9.17) is 16.3 Å².